The fourth-order valence-electron chi connectivity index (χ4n) is 5.60. The first-order valence-electron chi connectivity index (χ1n) is 13.0. The topological polar surface area (TPSA) is 42.2 Å². The molecule has 4 nitrogen and oxygen atoms in total. The monoisotopic (exact) mass is 410 g/mol. The van der Waals surface area contributed by atoms with E-state index in [9.17, 15) is 0 Å². The maximum absolute atomic E-state index is 5.14. The van der Waals surface area contributed by atoms with Crippen molar-refractivity contribution in [3.8, 4) is 0 Å². The minimum atomic E-state index is 0.598. The van der Waals surface area contributed by atoms with Gasteiger partial charge in [0.05, 0.1) is 5.69 Å². The lowest BCUT2D eigenvalue weighted by atomic mass is 9.89. The van der Waals surface area contributed by atoms with Gasteiger partial charge in [0, 0.05) is 31.1 Å². The summed E-state index contributed by atoms with van der Waals surface area (Å²) in [6, 6.07) is 0. The van der Waals surface area contributed by atoms with Gasteiger partial charge in [-0.25, -0.2) is 9.97 Å². The Labute approximate surface area is 183 Å². The normalized spacial score (nSPS) is 21.2. The second kappa shape index (κ2) is 11.7. The van der Waals surface area contributed by atoms with E-state index < -0.39 is 0 Å². The Morgan fingerprint density at radius 1 is 0.800 bits per heavy atom. The van der Waals surface area contributed by atoms with Gasteiger partial charge in [0.15, 0.2) is 11.5 Å². The van der Waals surface area contributed by atoms with Crippen LogP contribution in [0.4, 0.5) is 5.82 Å². The first-order valence-corrected chi connectivity index (χ1v) is 13.0. The summed E-state index contributed by atoms with van der Waals surface area (Å²) in [5.74, 6) is 2.48. The predicted octanol–water partition coefficient (Wildman–Crippen LogP) is 7.50. The fourth-order valence-corrected chi connectivity index (χ4v) is 5.60. The van der Waals surface area contributed by atoms with Crippen molar-refractivity contribution < 1.29 is 0 Å². The van der Waals surface area contributed by atoms with Crippen LogP contribution >= 0.6 is 0 Å². The van der Waals surface area contributed by atoms with E-state index in [0.29, 0.717) is 5.92 Å². The van der Waals surface area contributed by atoms with Crippen molar-refractivity contribution in [1.29, 1.82) is 0 Å². The van der Waals surface area contributed by atoms with Crippen molar-refractivity contribution in [2.24, 2.45) is 5.92 Å². The van der Waals surface area contributed by atoms with Crippen molar-refractivity contribution in [3.05, 3.63) is 24.3 Å². The summed E-state index contributed by atoms with van der Waals surface area (Å²) in [4.78, 5) is 9.74. The van der Waals surface area contributed by atoms with Crippen molar-refractivity contribution in [3.63, 3.8) is 0 Å². The summed E-state index contributed by atoms with van der Waals surface area (Å²) in [6.07, 6.45) is 29.8. The lowest BCUT2D eigenvalue weighted by Gasteiger charge is -2.21. The lowest BCUT2D eigenvalue weighted by molar-refractivity contribution is 0.365. The number of aromatic nitrogens is 3. The molecule has 30 heavy (non-hydrogen) atoms. The zero-order valence-corrected chi connectivity index (χ0v) is 19.0. The smallest absolute Gasteiger partial charge is 0.180 e. The highest BCUT2D eigenvalue weighted by Gasteiger charge is 2.18. The highest BCUT2D eigenvalue weighted by molar-refractivity contribution is 5.62. The van der Waals surface area contributed by atoms with Gasteiger partial charge in [0.25, 0.3) is 0 Å². The SMILES string of the molecule is c1cn2cc(C3CCCCCCCCC3)nc(NCCC3CCCCCCC3)c2n1. The van der Waals surface area contributed by atoms with Gasteiger partial charge < -0.3 is 9.72 Å². The van der Waals surface area contributed by atoms with Gasteiger partial charge in [-0.2, -0.15) is 0 Å². The van der Waals surface area contributed by atoms with Crippen LogP contribution < -0.4 is 5.32 Å². The number of rotatable bonds is 5. The molecule has 166 valence electrons. The first kappa shape index (κ1) is 21.6. The van der Waals surface area contributed by atoms with Gasteiger partial charge in [-0.3, -0.25) is 0 Å². The van der Waals surface area contributed by atoms with E-state index in [1.807, 2.05) is 6.20 Å². The van der Waals surface area contributed by atoms with Crippen LogP contribution in [0.2, 0.25) is 0 Å². The number of anilines is 1. The molecule has 0 unspecified atom stereocenters. The third-order valence-corrected chi connectivity index (χ3v) is 7.49. The molecule has 2 fully saturated rings. The maximum atomic E-state index is 5.14. The predicted molar refractivity (Wildman–Crippen MR) is 126 cm³/mol. The summed E-state index contributed by atoms with van der Waals surface area (Å²) < 4.78 is 2.19. The zero-order valence-electron chi connectivity index (χ0n) is 19.0. The molecule has 0 radical (unpaired) electrons. The van der Waals surface area contributed by atoms with E-state index in [-0.39, 0.29) is 0 Å². The van der Waals surface area contributed by atoms with Gasteiger partial charge >= 0.3 is 0 Å². The van der Waals surface area contributed by atoms with E-state index in [2.05, 4.69) is 27.1 Å². The second-order valence-electron chi connectivity index (χ2n) is 9.85. The summed E-state index contributed by atoms with van der Waals surface area (Å²) in [5.41, 5.74) is 2.26. The Morgan fingerprint density at radius 2 is 1.40 bits per heavy atom. The standard InChI is InChI=1S/C26H42N4/c1-2-7-11-15-23(16-12-8-3-1)24-21-30-20-19-28-26(30)25(29-24)27-18-17-22-13-9-5-4-6-10-14-22/h19-23H,1-18H2,(H,27,29). The van der Waals surface area contributed by atoms with E-state index >= 15 is 0 Å². The molecule has 4 heteroatoms. The third-order valence-electron chi connectivity index (χ3n) is 7.49. The van der Waals surface area contributed by atoms with Crippen LogP contribution in [-0.4, -0.2) is 20.9 Å². The molecule has 0 spiro atoms. The molecular weight excluding hydrogens is 368 g/mol. The average molecular weight is 411 g/mol. The number of hydrogen-bond acceptors (Lipinski definition) is 3. The molecule has 2 saturated carbocycles. The Bertz CT molecular complexity index is 735. The van der Waals surface area contributed by atoms with E-state index in [1.54, 1.807) is 0 Å². The van der Waals surface area contributed by atoms with Crippen LogP contribution in [0.25, 0.3) is 5.65 Å². The zero-order chi connectivity index (χ0) is 20.4. The van der Waals surface area contributed by atoms with Crippen molar-refractivity contribution in [1.82, 2.24) is 14.4 Å². The third kappa shape index (κ3) is 6.21. The molecule has 2 heterocycles. The Kier molecular flexibility index (Phi) is 8.45. The minimum absolute atomic E-state index is 0.598. The van der Waals surface area contributed by atoms with E-state index in [1.165, 1.54) is 115 Å². The molecule has 1 N–H and O–H groups in total. The Morgan fingerprint density at radius 3 is 2.07 bits per heavy atom. The van der Waals surface area contributed by atoms with E-state index in [4.69, 9.17) is 4.98 Å². The van der Waals surface area contributed by atoms with Gasteiger partial charge in [0.2, 0.25) is 0 Å². The molecule has 2 aromatic rings. The first-order chi connectivity index (χ1) is 14.9. The molecule has 2 aromatic heterocycles. The van der Waals surface area contributed by atoms with Crippen LogP contribution in [0, 0.1) is 5.92 Å². The van der Waals surface area contributed by atoms with Crippen molar-refractivity contribution in [2.45, 2.75) is 115 Å². The van der Waals surface area contributed by atoms with Crippen molar-refractivity contribution in [2.75, 3.05) is 11.9 Å². The maximum Gasteiger partial charge on any atom is 0.180 e. The summed E-state index contributed by atoms with van der Waals surface area (Å²) >= 11 is 0. The summed E-state index contributed by atoms with van der Waals surface area (Å²) in [5, 5.41) is 3.69. The molecule has 2 aliphatic rings. The van der Waals surface area contributed by atoms with Crippen LogP contribution in [0.15, 0.2) is 18.6 Å². The van der Waals surface area contributed by atoms with E-state index in [0.717, 1.165) is 23.9 Å². The molecular formula is C26H42N4. The molecule has 2 aliphatic carbocycles. The number of imidazole rings is 1. The molecule has 0 aromatic carbocycles. The lowest BCUT2D eigenvalue weighted by Crippen LogP contribution is -2.14. The largest absolute Gasteiger partial charge is 0.367 e. The van der Waals surface area contributed by atoms with Gasteiger partial charge in [-0.15, -0.1) is 0 Å². The molecule has 0 bridgehead atoms. The quantitative estimate of drug-likeness (QED) is 0.555. The fraction of sp³-hybridized carbons (Fsp3) is 0.769. The number of nitrogens with one attached hydrogen (secondary N) is 1. The average Bonchev–Trinajstić information content (AvgIpc) is 3.22. The van der Waals surface area contributed by atoms with Crippen LogP contribution in [0.1, 0.15) is 121 Å². The molecule has 0 atom stereocenters. The Hall–Kier alpha value is -1.58. The van der Waals surface area contributed by atoms with Gasteiger partial charge in [0.1, 0.15) is 0 Å². The number of nitrogens with zero attached hydrogens (tertiary/aromatic N) is 3. The molecule has 0 aliphatic heterocycles. The second-order valence-corrected chi connectivity index (χ2v) is 9.85. The van der Waals surface area contributed by atoms with Crippen molar-refractivity contribution >= 4 is 11.5 Å². The molecule has 0 saturated heterocycles. The number of hydrogen-bond donors (Lipinski definition) is 1. The molecule has 0 amide bonds. The summed E-state index contributed by atoms with van der Waals surface area (Å²) in [6.45, 7) is 1.02. The van der Waals surface area contributed by atoms with Gasteiger partial charge in [-0.05, 0) is 25.2 Å². The summed E-state index contributed by atoms with van der Waals surface area (Å²) in [7, 11) is 0. The van der Waals surface area contributed by atoms with Crippen LogP contribution in [0.3, 0.4) is 0 Å². The highest BCUT2D eigenvalue weighted by atomic mass is 15.1. The molecule has 4 rings (SSSR count). The van der Waals surface area contributed by atoms with Gasteiger partial charge in [-0.1, -0.05) is 89.9 Å². The highest BCUT2D eigenvalue weighted by Crippen LogP contribution is 2.31. The van der Waals surface area contributed by atoms with Crippen LogP contribution in [0.5, 0.6) is 0 Å². The number of fused-ring (bicyclic) bond motifs is 1. The Balaban J connectivity index is 1.42. The van der Waals surface area contributed by atoms with Crippen LogP contribution in [-0.2, 0) is 0 Å². The minimum Gasteiger partial charge on any atom is -0.367 e.